The normalized spacial score (nSPS) is 17.6. The fourth-order valence-electron chi connectivity index (χ4n) is 7.15. The molecule has 0 unspecified atom stereocenters. The lowest BCUT2D eigenvalue weighted by Crippen LogP contribution is -2.50. The standard InChI is InChI=1S/2C24H38F3N3O3S/c2*1-16(2)20(28-34(32)23(6,7)8)18-15-17(24(25,26)27)9-10-19(18)29-11-13-30(14-12-29)21(31)33-22(3,4)5/h2*9-10,15-16,20,28H,11-14H2,1-8H3/t2*20-,34-/m00/s1. The predicted octanol–water partition coefficient (Wildman–Crippen LogP) is 11.0. The van der Waals surface area contributed by atoms with Crippen LogP contribution in [0.1, 0.15) is 145 Å². The molecule has 20 heteroatoms. The van der Waals surface area contributed by atoms with Crippen molar-refractivity contribution < 1.29 is 53.8 Å². The first kappa shape index (κ1) is 58.7. The van der Waals surface area contributed by atoms with Crippen LogP contribution in [0.5, 0.6) is 0 Å². The van der Waals surface area contributed by atoms with E-state index in [-0.39, 0.29) is 11.8 Å². The molecule has 2 heterocycles. The van der Waals surface area contributed by atoms with Crippen LogP contribution in [0.4, 0.5) is 47.3 Å². The highest BCUT2D eigenvalue weighted by molar-refractivity contribution is 7.84. The summed E-state index contributed by atoms with van der Waals surface area (Å²) in [6, 6.07) is 6.34. The van der Waals surface area contributed by atoms with Crippen molar-refractivity contribution in [3.63, 3.8) is 0 Å². The largest absolute Gasteiger partial charge is 0.444 e. The number of anilines is 2. The molecular formula is C48H76F6N6O6S2. The van der Waals surface area contributed by atoms with E-state index in [9.17, 15) is 44.3 Å². The van der Waals surface area contributed by atoms with Crippen LogP contribution >= 0.6 is 0 Å². The molecule has 2 N–H and O–H groups in total. The van der Waals surface area contributed by atoms with Crippen molar-refractivity contribution in [1.29, 1.82) is 0 Å². The number of alkyl halides is 6. The molecule has 2 aromatic rings. The monoisotopic (exact) mass is 1010 g/mol. The van der Waals surface area contributed by atoms with Gasteiger partial charge in [-0.25, -0.2) is 27.5 Å². The van der Waals surface area contributed by atoms with E-state index in [1.807, 2.05) is 79.0 Å². The average Bonchev–Trinajstić information content (AvgIpc) is 3.18. The summed E-state index contributed by atoms with van der Waals surface area (Å²) in [6.07, 6.45) is -9.79. The van der Waals surface area contributed by atoms with Gasteiger partial charge in [0.2, 0.25) is 0 Å². The molecule has 68 heavy (non-hydrogen) atoms. The van der Waals surface area contributed by atoms with Gasteiger partial charge in [0, 0.05) is 75.8 Å². The van der Waals surface area contributed by atoms with Gasteiger partial charge in [-0.05, 0) is 142 Å². The van der Waals surface area contributed by atoms with Gasteiger partial charge in [0.1, 0.15) is 11.2 Å². The highest BCUT2D eigenvalue weighted by Gasteiger charge is 2.38. The Morgan fingerprint density at radius 2 is 0.794 bits per heavy atom. The minimum absolute atomic E-state index is 0.114. The molecule has 0 aliphatic carbocycles. The molecule has 4 rings (SSSR count). The van der Waals surface area contributed by atoms with Gasteiger partial charge in [-0.15, -0.1) is 0 Å². The minimum atomic E-state index is -4.49. The Balaban J connectivity index is 0.000000360. The third-order valence-corrected chi connectivity index (χ3v) is 14.0. The van der Waals surface area contributed by atoms with Crippen LogP contribution < -0.4 is 19.2 Å². The second-order valence-corrected chi connectivity index (χ2v) is 25.9. The van der Waals surface area contributed by atoms with Gasteiger partial charge < -0.3 is 29.1 Å². The van der Waals surface area contributed by atoms with Gasteiger partial charge in [0.05, 0.1) is 42.6 Å². The van der Waals surface area contributed by atoms with Crippen molar-refractivity contribution in [2.45, 2.75) is 156 Å². The molecule has 0 saturated carbocycles. The molecule has 0 aromatic heterocycles. The summed E-state index contributed by atoms with van der Waals surface area (Å²) in [6.45, 7) is 32.6. The molecule has 2 aromatic carbocycles. The maximum atomic E-state index is 13.6. The number of amides is 2. The molecule has 0 bridgehead atoms. The summed E-state index contributed by atoms with van der Waals surface area (Å²) in [5, 5.41) is 0. The highest BCUT2D eigenvalue weighted by Crippen LogP contribution is 2.40. The fraction of sp³-hybridized carbons (Fsp3) is 0.708. The molecule has 2 aliphatic rings. The Kier molecular flexibility index (Phi) is 19.5. The van der Waals surface area contributed by atoms with E-state index >= 15 is 0 Å². The lowest BCUT2D eigenvalue weighted by atomic mass is 9.93. The first-order valence-corrected chi connectivity index (χ1v) is 25.3. The van der Waals surface area contributed by atoms with Crippen molar-refractivity contribution in [1.82, 2.24) is 19.2 Å². The van der Waals surface area contributed by atoms with E-state index in [2.05, 4.69) is 9.44 Å². The SMILES string of the molecule is CC(C)[C@H](N[S@@](=O)C(C)(C)C)c1cc(C(F)(F)F)ccc1N1CCN(C(=O)OC(C)(C)C)CC1.CC(C)[C@H](N[S@@](=O)C(C)(C)C)c1cc(C(F)(F)F)ccc1N1CCN(C(=O)OC(C)(C)C)CC1. The molecule has 2 amide bonds. The molecule has 2 saturated heterocycles. The zero-order valence-electron chi connectivity index (χ0n) is 42.8. The molecule has 0 radical (unpaired) electrons. The van der Waals surface area contributed by atoms with Crippen molar-refractivity contribution in [2.24, 2.45) is 11.8 Å². The number of halogens is 6. The van der Waals surface area contributed by atoms with E-state index in [1.54, 1.807) is 51.3 Å². The van der Waals surface area contributed by atoms with E-state index in [0.29, 0.717) is 74.9 Å². The van der Waals surface area contributed by atoms with Crippen LogP contribution in [-0.4, -0.2) is 103 Å². The third kappa shape index (κ3) is 17.4. The zero-order chi connectivity index (χ0) is 52.1. The number of benzene rings is 2. The summed E-state index contributed by atoms with van der Waals surface area (Å²) in [7, 11) is -2.94. The predicted molar refractivity (Wildman–Crippen MR) is 260 cm³/mol. The number of piperazine rings is 2. The van der Waals surface area contributed by atoms with E-state index in [0.717, 1.165) is 24.3 Å². The molecule has 2 aliphatic heterocycles. The summed E-state index contributed by atoms with van der Waals surface area (Å²) < 4.78 is 123. The Bertz CT molecular complexity index is 1910. The van der Waals surface area contributed by atoms with Gasteiger partial charge in [-0.2, -0.15) is 26.3 Å². The summed E-state index contributed by atoms with van der Waals surface area (Å²) in [4.78, 5) is 32.0. The molecule has 388 valence electrons. The maximum Gasteiger partial charge on any atom is 0.416 e. The van der Waals surface area contributed by atoms with E-state index in [1.165, 1.54) is 12.1 Å². The van der Waals surface area contributed by atoms with Crippen LogP contribution in [0.15, 0.2) is 36.4 Å². The number of nitrogens with zero attached hydrogens (tertiary/aromatic N) is 4. The summed E-state index contributed by atoms with van der Waals surface area (Å²) in [5.41, 5.74) is -0.495. The van der Waals surface area contributed by atoms with Gasteiger partial charge >= 0.3 is 24.5 Å². The van der Waals surface area contributed by atoms with Crippen molar-refractivity contribution >= 4 is 45.5 Å². The Morgan fingerprint density at radius 3 is 1.01 bits per heavy atom. The summed E-state index contributed by atoms with van der Waals surface area (Å²) in [5.74, 6) is -0.229. The number of ether oxygens (including phenoxy) is 2. The van der Waals surface area contributed by atoms with Crippen LogP contribution in [0.3, 0.4) is 0 Å². The van der Waals surface area contributed by atoms with Gasteiger partial charge in [0.25, 0.3) is 0 Å². The second kappa shape index (κ2) is 22.6. The van der Waals surface area contributed by atoms with Gasteiger partial charge in [-0.1, -0.05) is 27.7 Å². The highest BCUT2D eigenvalue weighted by atomic mass is 32.2. The number of nitrogens with one attached hydrogen (secondary N) is 2. The number of hydrogen-bond acceptors (Lipinski definition) is 8. The van der Waals surface area contributed by atoms with Crippen molar-refractivity contribution in [3.8, 4) is 0 Å². The van der Waals surface area contributed by atoms with Crippen LogP contribution in [0.25, 0.3) is 0 Å². The number of carbonyl (C=O) groups excluding carboxylic acids is 2. The second-order valence-electron chi connectivity index (χ2n) is 21.9. The summed E-state index contributed by atoms with van der Waals surface area (Å²) >= 11 is 0. The van der Waals surface area contributed by atoms with E-state index in [4.69, 9.17) is 9.47 Å². The van der Waals surface area contributed by atoms with Crippen molar-refractivity contribution in [2.75, 3.05) is 62.2 Å². The third-order valence-electron chi connectivity index (χ3n) is 10.8. The Labute approximate surface area is 405 Å². The zero-order valence-corrected chi connectivity index (χ0v) is 44.4. The van der Waals surface area contributed by atoms with Gasteiger partial charge in [-0.3, -0.25) is 0 Å². The average molecular weight is 1010 g/mol. The Morgan fingerprint density at radius 1 is 0.515 bits per heavy atom. The first-order chi connectivity index (χ1) is 30.8. The smallest absolute Gasteiger partial charge is 0.416 e. The number of rotatable bonds is 10. The van der Waals surface area contributed by atoms with Gasteiger partial charge in [0.15, 0.2) is 0 Å². The Hall–Kier alpha value is -3.62. The van der Waals surface area contributed by atoms with Crippen LogP contribution in [0.2, 0.25) is 0 Å². The lowest BCUT2D eigenvalue weighted by Gasteiger charge is -2.39. The fourth-order valence-corrected chi connectivity index (χ4v) is 9.12. The molecule has 4 atom stereocenters. The molecule has 2 fully saturated rings. The minimum Gasteiger partial charge on any atom is -0.444 e. The first-order valence-electron chi connectivity index (χ1n) is 23.0. The van der Waals surface area contributed by atoms with Crippen LogP contribution in [0, 0.1) is 11.8 Å². The topological polar surface area (TPSA) is 124 Å². The quantitative estimate of drug-likeness (QED) is 0.226. The molecule has 12 nitrogen and oxygen atoms in total. The lowest BCUT2D eigenvalue weighted by molar-refractivity contribution is -0.138. The molecular weight excluding hydrogens is 935 g/mol. The van der Waals surface area contributed by atoms with E-state index < -0.39 is 90.4 Å². The number of hydrogen-bond donors (Lipinski definition) is 2. The molecule has 0 spiro atoms. The van der Waals surface area contributed by atoms with Crippen molar-refractivity contribution in [3.05, 3.63) is 58.7 Å². The number of carbonyl (C=O) groups is 2. The van der Waals surface area contributed by atoms with Crippen LogP contribution in [-0.2, 0) is 43.8 Å². The maximum absolute atomic E-state index is 13.6.